The van der Waals surface area contributed by atoms with E-state index in [1.165, 1.54) is 21.1 Å². The Morgan fingerprint density at radius 2 is 1.95 bits per heavy atom. The Labute approximate surface area is 119 Å². The van der Waals surface area contributed by atoms with Crippen molar-refractivity contribution in [2.24, 2.45) is 7.05 Å². The fourth-order valence-electron chi connectivity index (χ4n) is 2.34. The highest BCUT2D eigenvalue weighted by Gasteiger charge is 2.28. The molecule has 20 heavy (non-hydrogen) atoms. The maximum atomic E-state index is 12.5. The van der Waals surface area contributed by atoms with Crippen LogP contribution in [0.25, 0.3) is 0 Å². The van der Waals surface area contributed by atoms with Crippen molar-refractivity contribution >= 4 is 16.0 Å². The first-order valence-corrected chi connectivity index (χ1v) is 8.24. The van der Waals surface area contributed by atoms with Crippen LogP contribution in [0.3, 0.4) is 0 Å². The maximum absolute atomic E-state index is 12.5. The van der Waals surface area contributed by atoms with E-state index < -0.39 is 16.0 Å². The van der Waals surface area contributed by atoms with E-state index in [0.29, 0.717) is 13.1 Å². The molecule has 2 heterocycles. The average molecular weight is 300 g/mol. The molecule has 0 radical (unpaired) electrons. The molecule has 7 heteroatoms. The number of aryl methyl sites for hydroxylation is 1. The van der Waals surface area contributed by atoms with E-state index in [0.717, 1.165) is 19.3 Å². The molecule has 0 atom stereocenters. The average Bonchev–Trinajstić information content (AvgIpc) is 2.83. The summed E-state index contributed by atoms with van der Waals surface area (Å²) < 4.78 is 32.9. The summed E-state index contributed by atoms with van der Waals surface area (Å²) in [5.41, 5.74) is 0.252. The standard InChI is InChI=1S/C13H20N2O4S/c1-3-19-13(16)12-9-11(10-14(12)2)20(17,18)15-7-5-4-6-8-15/h9-10H,3-8H2,1-2H3. The molecule has 6 nitrogen and oxygen atoms in total. The van der Waals surface area contributed by atoms with Gasteiger partial charge in [-0.25, -0.2) is 13.2 Å². The summed E-state index contributed by atoms with van der Waals surface area (Å²) >= 11 is 0. The number of ether oxygens (including phenoxy) is 1. The molecule has 0 unspecified atom stereocenters. The molecular weight excluding hydrogens is 280 g/mol. The lowest BCUT2D eigenvalue weighted by molar-refractivity contribution is 0.0515. The van der Waals surface area contributed by atoms with Gasteiger partial charge in [-0.15, -0.1) is 0 Å². The minimum absolute atomic E-state index is 0.157. The summed E-state index contributed by atoms with van der Waals surface area (Å²) in [6.45, 7) is 3.07. The number of esters is 1. The van der Waals surface area contributed by atoms with Crippen molar-refractivity contribution in [3.8, 4) is 0 Å². The van der Waals surface area contributed by atoms with Gasteiger partial charge in [-0.05, 0) is 25.8 Å². The van der Waals surface area contributed by atoms with E-state index in [1.807, 2.05) is 0 Å². The highest BCUT2D eigenvalue weighted by Crippen LogP contribution is 2.22. The van der Waals surface area contributed by atoms with Crippen LogP contribution in [0.1, 0.15) is 36.7 Å². The van der Waals surface area contributed by atoms with Gasteiger partial charge in [0.1, 0.15) is 10.6 Å². The number of piperidine rings is 1. The van der Waals surface area contributed by atoms with E-state index >= 15 is 0 Å². The number of hydrogen-bond acceptors (Lipinski definition) is 4. The van der Waals surface area contributed by atoms with Crippen LogP contribution in [-0.2, 0) is 21.8 Å². The van der Waals surface area contributed by atoms with Crippen LogP contribution >= 0.6 is 0 Å². The third-order valence-corrected chi connectivity index (χ3v) is 5.28. The van der Waals surface area contributed by atoms with Gasteiger partial charge in [0.15, 0.2) is 0 Å². The Kier molecular flexibility index (Phi) is 4.49. The summed E-state index contributed by atoms with van der Waals surface area (Å²) in [6, 6.07) is 1.39. The highest BCUT2D eigenvalue weighted by molar-refractivity contribution is 7.89. The molecule has 0 saturated carbocycles. The molecule has 0 amide bonds. The summed E-state index contributed by atoms with van der Waals surface area (Å²) in [6.07, 6.45) is 4.30. The lowest BCUT2D eigenvalue weighted by atomic mass is 10.2. The molecule has 112 valence electrons. The van der Waals surface area contributed by atoms with Gasteiger partial charge in [0.2, 0.25) is 10.0 Å². The second-order valence-corrected chi connectivity index (χ2v) is 6.80. The number of carbonyl (C=O) groups excluding carboxylic acids is 1. The monoisotopic (exact) mass is 300 g/mol. The number of aromatic nitrogens is 1. The largest absolute Gasteiger partial charge is 0.461 e. The van der Waals surface area contributed by atoms with Gasteiger partial charge in [-0.1, -0.05) is 6.42 Å². The lowest BCUT2D eigenvalue weighted by Gasteiger charge is -2.25. The van der Waals surface area contributed by atoms with E-state index in [1.54, 1.807) is 14.0 Å². The molecule has 0 aliphatic carbocycles. The van der Waals surface area contributed by atoms with Crippen LogP contribution < -0.4 is 0 Å². The Morgan fingerprint density at radius 3 is 2.55 bits per heavy atom. The predicted octanol–water partition coefficient (Wildman–Crippen LogP) is 1.38. The summed E-state index contributed by atoms with van der Waals surface area (Å²) in [4.78, 5) is 11.9. The molecule has 1 saturated heterocycles. The van der Waals surface area contributed by atoms with Gasteiger partial charge in [0, 0.05) is 26.3 Å². The minimum atomic E-state index is -3.51. The smallest absolute Gasteiger partial charge is 0.354 e. The van der Waals surface area contributed by atoms with E-state index in [-0.39, 0.29) is 17.2 Å². The summed E-state index contributed by atoms with van der Waals surface area (Å²) in [7, 11) is -1.87. The number of nitrogens with zero attached hydrogens (tertiary/aromatic N) is 2. The van der Waals surface area contributed by atoms with Crippen molar-refractivity contribution in [2.75, 3.05) is 19.7 Å². The molecule has 0 spiro atoms. The Balaban J connectivity index is 2.28. The zero-order valence-electron chi connectivity index (χ0n) is 11.8. The zero-order chi connectivity index (χ0) is 14.8. The molecule has 0 aromatic carbocycles. The van der Waals surface area contributed by atoms with E-state index in [2.05, 4.69) is 0 Å². The SMILES string of the molecule is CCOC(=O)c1cc(S(=O)(=O)N2CCCCC2)cn1C. The van der Waals surface area contributed by atoms with Crippen molar-refractivity contribution in [3.05, 3.63) is 18.0 Å². The third-order valence-electron chi connectivity index (χ3n) is 3.42. The van der Waals surface area contributed by atoms with Gasteiger partial charge in [0.25, 0.3) is 0 Å². The van der Waals surface area contributed by atoms with Crippen LogP contribution in [-0.4, -0.2) is 43.0 Å². The topological polar surface area (TPSA) is 68.6 Å². The molecule has 1 aromatic heterocycles. The number of carbonyl (C=O) groups is 1. The maximum Gasteiger partial charge on any atom is 0.354 e. The van der Waals surface area contributed by atoms with Crippen molar-refractivity contribution < 1.29 is 17.9 Å². The molecule has 1 fully saturated rings. The number of rotatable bonds is 4. The van der Waals surface area contributed by atoms with Crippen LogP contribution in [0.15, 0.2) is 17.2 Å². The van der Waals surface area contributed by atoms with Crippen molar-refractivity contribution in [1.82, 2.24) is 8.87 Å². The first-order valence-electron chi connectivity index (χ1n) is 6.80. The zero-order valence-corrected chi connectivity index (χ0v) is 12.6. The van der Waals surface area contributed by atoms with Crippen molar-refractivity contribution in [2.45, 2.75) is 31.1 Å². The van der Waals surface area contributed by atoms with Gasteiger partial charge in [0.05, 0.1) is 6.61 Å². The molecule has 0 bridgehead atoms. The number of hydrogen-bond donors (Lipinski definition) is 0. The summed E-state index contributed by atoms with van der Waals surface area (Å²) in [5.74, 6) is -0.505. The Bertz CT molecular complexity index is 586. The quantitative estimate of drug-likeness (QED) is 0.788. The molecule has 2 rings (SSSR count). The van der Waals surface area contributed by atoms with Crippen LogP contribution in [0, 0.1) is 0 Å². The van der Waals surface area contributed by atoms with Crippen LogP contribution in [0.4, 0.5) is 0 Å². The first-order chi connectivity index (χ1) is 9.46. The van der Waals surface area contributed by atoms with Crippen LogP contribution in [0.5, 0.6) is 0 Å². The van der Waals surface area contributed by atoms with Crippen LogP contribution in [0.2, 0.25) is 0 Å². The van der Waals surface area contributed by atoms with Crippen molar-refractivity contribution in [3.63, 3.8) is 0 Å². The number of sulfonamides is 1. The van der Waals surface area contributed by atoms with Gasteiger partial charge in [-0.2, -0.15) is 4.31 Å². The van der Waals surface area contributed by atoms with E-state index in [4.69, 9.17) is 4.74 Å². The lowest BCUT2D eigenvalue weighted by Crippen LogP contribution is -2.35. The molecular formula is C13H20N2O4S. The molecule has 1 aliphatic rings. The minimum Gasteiger partial charge on any atom is -0.461 e. The fraction of sp³-hybridized carbons (Fsp3) is 0.615. The second-order valence-electron chi connectivity index (χ2n) is 4.86. The second kappa shape index (κ2) is 5.97. The van der Waals surface area contributed by atoms with E-state index in [9.17, 15) is 13.2 Å². The Morgan fingerprint density at radius 1 is 1.30 bits per heavy atom. The molecule has 0 N–H and O–H groups in total. The Hall–Kier alpha value is -1.34. The summed E-state index contributed by atoms with van der Waals surface area (Å²) in [5, 5.41) is 0. The fourth-order valence-corrected chi connectivity index (χ4v) is 3.93. The van der Waals surface area contributed by atoms with Gasteiger partial charge in [-0.3, -0.25) is 0 Å². The highest BCUT2D eigenvalue weighted by atomic mass is 32.2. The van der Waals surface area contributed by atoms with Crippen molar-refractivity contribution in [1.29, 1.82) is 0 Å². The molecule has 1 aromatic rings. The molecule has 1 aliphatic heterocycles. The van der Waals surface area contributed by atoms with Gasteiger partial charge < -0.3 is 9.30 Å². The first kappa shape index (κ1) is 15.1. The normalized spacial score (nSPS) is 17.1. The van der Waals surface area contributed by atoms with Gasteiger partial charge >= 0.3 is 5.97 Å². The predicted molar refractivity (Wildman–Crippen MR) is 74.0 cm³/mol. The third kappa shape index (κ3) is 2.88.